The summed E-state index contributed by atoms with van der Waals surface area (Å²) in [5.74, 6) is 1.08. The fourth-order valence-electron chi connectivity index (χ4n) is 7.94. The summed E-state index contributed by atoms with van der Waals surface area (Å²) >= 11 is 0. The molecule has 0 fully saturated rings. The van der Waals surface area contributed by atoms with E-state index in [1.807, 2.05) is 0 Å². The van der Waals surface area contributed by atoms with Crippen molar-refractivity contribution >= 4 is 28.1 Å². The fraction of sp³-hybridized carbons (Fsp3) is 0.140. The van der Waals surface area contributed by atoms with Crippen molar-refractivity contribution in [3.63, 3.8) is 0 Å². The van der Waals surface area contributed by atoms with Crippen molar-refractivity contribution in [1.82, 2.24) is 9.55 Å². The molecule has 0 saturated carbocycles. The number of hydrogen-bond acceptors (Lipinski definition) is 2. The molecule has 3 heteroatoms. The highest BCUT2D eigenvalue weighted by atomic mass is 15.2. The van der Waals surface area contributed by atoms with Gasteiger partial charge in [0.25, 0.3) is 0 Å². The Morgan fingerprint density at radius 2 is 1.17 bits per heavy atom. The molecule has 0 radical (unpaired) electrons. The largest absolute Gasteiger partial charge is 0.308 e. The summed E-state index contributed by atoms with van der Waals surface area (Å²) in [7, 11) is 0. The van der Waals surface area contributed by atoms with Crippen molar-refractivity contribution < 1.29 is 0 Å². The molecule has 0 amide bonds. The first kappa shape index (κ1) is 26.9. The van der Waals surface area contributed by atoms with E-state index in [1.165, 1.54) is 44.6 Å². The first-order valence-electron chi connectivity index (χ1n) is 16.2. The minimum Gasteiger partial charge on any atom is -0.308 e. The van der Waals surface area contributed by atoms with E-state index >= 15 is 0 Å². The number of benzene rings is 6. The molecule has 0 atom stereocenters. The second-order valence-corrected chi connectivity index (χ2v) is 13.7. The van der Waals surface area contributed by atoms with Crippen molar-refractivity contribution in [1.29, 1.82) is 0 Å². The first-order chi connectivity index (χ1) is 22.3. The molecule has 222 valence electrons. The van der Waals surface area contributed by atoms with Crippen molar-refractivity contribution in [2.45, 2.75) is 38.5 Å². The Morgan fingerprint density at radius 1 is 0.522 bits per heavy atom. The number of nitrogens with zero attached hydrogens (tertiary/aromatic N) is 3. The van der Waals surface area contributed by atoms with E-state index in [4.69, 9.17) is 4.98 Å². The number of hydrogen-bond donors (Lipinski definition) is 0. The van der Waals surface area contributed by atoms with Crippen LogP contribution in [0.25, 0.3) is 39.0 Å². The molecule has 3 nitrogen and oxygen atoms in total. The highest BCUT2D eigenvalue weighted by Gasteiger charge is 2.41. The number of imidazole rings is 1. The average Bonchev–Trinajstić information content (AvgIpc) is 3.67. The second kappa shape index (κ2) is 9.55. The summed E-state index contributed by atoms with van der Waals surface area (Å²) < 4.78 is 2.40. The SMILES string of the molecule is CC1(C)c2ccccc2-c2ccc(N(c3ccc(-c4ccccc4)cc3)c3cccc4c3-n3c(nc5ccccc53)C4(C)C)cc21. The third-order valence-corrected chi connectivity index (χ3v) is 10.3. The molecule has 9 rings (SSSR count). The van der Waals surface area contributed by atoms with Crippen LogP contribution in [-0.4, -0.2) is 9.55 Å². The van der Waals surface area contributed by atoms with E-state index in [9.17, 15) is 0 Å². The van der Waals surface area contributed by atoms with E-state index in [0.29, 0.717) is 0 Å². The molecule has 0 unspecified atom stereocenters. The smallest absolute Gasteiger partial charge is 0.124 e. The van der Waals surface area contributed by atoms with Gasteiger partial charge < -0.3 is 4.90 Å². The second-order valence-electron chi connectivity index (χ2n) is 13.7. The molecular weight excluding hydrogens is 558 g/mol. The third kappa shape index (κ3) is 3.69. The molecule has 0 saturated heterocycles. The van der Waals surface area contributed by atoms with Crippen LogP contribution in [0.3, 0.4) is 0 Å². The van der Waals surface area contributed by atoms with Crippen LogP contribution in [0.4, 0.5) is 17.1 Å². The molecule has 1 aliphatic carbocycles. The minimum atomic E-state index is -0.241. The van der Waals surface area contributed by atoms with Crippen molar-refractivity contribution in [3.8, 4) is 27.9 Å². The Labute approximate surface area is 270 Å². The van der Waals surface area contributed by atoms with Crippen molar-refractivity contribution in [3.05, 3.63) is 162 Å². The van der Waals surface area contributed by atoms with E-state index < -0.39 is 0 Å². The van der Waals surface area contributed by atoms with Gasteiger partial charge in [0.05, 0.1) is 27.8 Å². The lowest BCUT2D eigenvalue weighted by atomic mass is 9.82. The quantitative estimate of drug-likeness (QED) is 0.202. The Kier molecular flexibility index (Phi) is 5.59. The Morgan fingerprint density at radius 3 is 2.00 bits per heavy atom. The molecule has 0 N–H and O–H groups in total. The standard InChI is InChI=1S/C43H35N3/c1-42(2)34-16-9-8-15-32(34)33-26-25-31(27-36(33)42)45(30-23-21-29(22-24-30)28-13-6-5-7-14-28)39-20-12-17-35-40(39)46-38-19-11-10-18-37(38)44-41(46)43(35,3)4/h5-27H,1-4H3. The number of fused-ring (bicyclic) bond motifs is 8. The summed E-state index contributed by atoms with van der Waals surface area (Å²) in [6.07, 6.45) is 0. The third-order valence-electron chi connectivity index (χ3n) is 10.3. The van der Waals surface area contributed by atoms with Gasteiger partial charge in [0.15, 0.2) is 0 Å². The van der Waals surface area contributed by atoms with Gasteiger partial charge in [-0.05, 0) is 95.3 Å². The molecular formula is C43H35N3. The lowest BCUT2D eigenvalue weighted by Crippen LogP contribution is -2.18. The number of rotatable bonds is 4. The van der Waals surface area contributed by atoms with Crippen LogP contribution < -0.4 is 4.90 Å². The minimum absolute atomic E-state index is 0.0981. The molecule has 1 aromatic heterocycles. The zero-order chi connectivity index (χ0) is 31.2. The summed E-state index contributed by atoms with van der Waals surface area (Å²) in [6.45, 7) is 9.31. The van der Waals surface area contributed by atoms with Gasteiger partial charge in [0.1, 0.15) is 5.82 Å². The van der Waals surface area contributed by atoms with Crippen LogP contribution in [-0.2, 0) is 10.8 Å². The Bertz CT molecular complexity index is 2310. The zero-order valence-electron chi connectivity index (χ0n) is 26.6. The maximum atomic E-state index is 5.19. The molecule has 0 spiro atoms. The van der Waals surface area contributed by atoms with Crippen LogP contribution in [0.1, 0.15) is 50.2 Å². The van der Waals surface area contributed by atoms with E-state index in [1.54, 1.807) is 0 Å². The van der Waals surface area contributed by atoms with Gasteiger partial charge in [-0.25, -0.2) is 4.98 Å². The molecule has 0 bridgehead atoms. The molecule has 2 aliphatic rings. The molecule has 1 aliphatic heterocycles. The summed E-state index contributed by atoms with van der Waals surface area (Å²) in [4.78, 5) is 7.64. The molecule has 46 heavy (non-hydrogen) atoms. The average molecular weight is 594 g/mol. The van der Waals surface area contributed by atoms with Gasteiger partial charge in [-0.1, -0.05) is 111 Å². The highest BCUT2D eigenvalue weighted by molar-refractivity contribution is 5.91. The lowest BCUT2D eigenvalue weighted by molar-refractivity contribution is 0.621. The van der Waals surface area contributed by atoms with Gasteiger partial charge in [-0.3, -0.25) is 4.57 Å². The summed E-state index contributed by atoms with van der Waals surface area (Å²) in [5.41, 5.74) is 15.6. The summed E-state index contributed by atoms with van der Waals surface area (Å²) in [5, 5.41) is 0. The van der Waals surface area contributed by atoms with Crippen molar-refractivity contribution in [2.75, 3.05) is 4.90 Å². The van der Waals surface area contributed by atoms with E-state index in [2.05, 4.69) is 177 Å². The van der Waals surface area contributed by atoms with Gasteiger partial charge in [0, 0.05) is 16.8 Å². The maximum absolute atomic E-state index is 5.19. The first-order valence-corrected chi connectivity index (χ1v) is 16.2. The predicted molar refractivity (Wildman–Crippen MR) is 191 cm³/mol. The van der Waals surface area contributed by atoms with Crippen LogP contribution in [0.5, 0.6) is 0 Å². The number of aromatic nitrogens is 2. The highest BCUT2D eigenvalue weighted by Crippen LogP contribution is 2.53. The molecule has 7 aromatic rings. The zero-order valence-corrected chi connectivity index (χ0v) is 26.6. The molecule has 6 aromatic carbocycles. The molecule has 2 heterocycles. The summed E-state index contributed by atoms with van der Waals surface area (Å²) in [6, 6.07) is 50.8. The Balaban J connectivity index is 1.29. The monoisotopic (exact) mass is 593 g/mol. The predicted octanol–water partition coefficient (Wildman–Crippen LogP) is 11.1. The number of para-hydroxylation sites is 3. The van der Waals surface area contributed by atoms with E-state index in [-0.39, 0.29) is 10.8 Å². The van der Waals surface area contributed by atoms with Gasteiger partial charge in [-0.2, -0.15) is 0 Å². The number of anilines is 3. The van der Waals surface area contributed by atoms with Crippen LogP contribution in [0.2, 0.25) is 0 Å². The van der Waals surface area contributed by atoms with Gasteiger partial charge >= 0.3 is 0 Å². The van der Waals surface area contributed by atoms with Crippen LogP contribution in [0.15, 0.2) is 140 Å². The van der Waals surface area contributed by atoms with Gasteiger partial charge in [-0.15, -0.1) is 0 Å². The van der Waals surface area contributed by atoms with Crippen LogP contribution >= 0.6 is 0 Å². The fourth-order valence-corrected chi connectivity index (χ4v) is 7.94. The van der Waals surface area contributed by atoms with Crippen LogP contribution in [0, 0.1) is 0 Å². The van der Waals surface area contributed by atoms with E-state index in [0.717, 1.165) is 33.9 Å². The van der Waals surface area contributed by atoms with Gasteiger partial charge in [0.2, 0.25) is 0 Å². The Hall–Kier alpha value is -5.41. The maximum Gasteiger partial charge on any atom is 0.124 e. The normalized spacial score (nSPS) is 14.9. The topological polar surface area (TPSA) is 21.1 Å². The van der Waals surface area contributed by atoms with Crippen molar-refractivity contribution in [2.24, 2.45) is 0 Å². The lowest BCUT2D eigenvalue weighted by Gasteiger charge is -2.30.